The molecule has 2 aromatic carbocycles. The van der Waals surface area contributed by atoms with Crippen LogP contribution in [0.3, 0.4) is 0 Å². The Labute approximate surface area is 272 Å². The molecule has 0 N–H and O–H groups in total. The molecule has 0 atom stereocenters. The molecule has 242 valence electrons. The van der Waals surface area contributed by atoms with Crippen LogP contribution in [0.25, 0.3) is 0 Å². The molecule has 2 aliphatic carbocycles. The van der Waals surface area contributed by atoms with E-state index in [0.717, 1.165) is 47.6 Å². The average Bonchev–Trinajstić information content (AvgIpc) is 3.02. The quantitative estimate of drug-likeness (QED) is 0.171. The number of unbranched alkanes of at least 4 members (excludes halogenated alkanes) is 5. The lowest BCUT2D eigenvalue weighted by Crippen LogP contribution is -2.15. The first-order valence-electron chi connectivity index (χ1n) is 17.8. The molecule has 0 amide bonds. The Bertz CT molecular complexity index is 1020. The second kappa shape index (κ2) is 20.8. The van der Waals surface area contributed by atoms with Crippen molar-refractivity contribution in [2.45, 2.75) is 149 Å². The number of aryl methyl sites for hydroxylation is 2. The van der Waals surface area contributed by atoms with Crippen LogP contribution in [0.2, 0.25) is 10.0 Å². The van der Waals surface area contributed by atoms with Gasteiger partial charge in [-0.2, -0.15) is 0 Å². The van der Waals surface area contributed by atoms with Crippen LogP contribution >= 0.6 is 23.2 Å². The molecule has 0 heterocycles. The van der Waals surface area contributed by atoms with Gasteiger partial charge in [-0.15, -0.1) is 0 Å². The fraction of sp³-hybridized carbons (Fsp3) is 0.692. The van der Waals surface area contributed by atoms with E-state index in [0.29, 0.717) is 0 Å². The first-order chi connectivity index (χ1) is 20.9. The number of halogens is 4. The number of rotatable bonds is 15. The molecule has 0 aliphatic heterocycles. The van der Waals surface area contributed by atoms with E-state index in [4.69, 9.17) is 23.2 Å². The minimum Gasteiger partial charge on any atom is -0.205 e. The van der Waals surface area contributed by atoms with Crippen LogP contribution in [-0.2, 0) is 12.8 Å². The fourth-order valence-electron chi connectivity index (χ4n) is 7.29. The van der Waals surface area contributed by atoms with Gasteiger partial charge in [0.05, 0.1) is 10.0 Å². The van der Waals surface area contributed by atoms with Gasteiger partial charge < -0.3 is 0 Å². The van der Waals surface area contributed by atoms with Crippen LogP contribution in [0.1, 0.15) is 147 Å². The van der Waals surface area contributed by atoms with Gasteiger partial charge in [0.15, 0.2) is 0 Å². The predicted octanol–water partition coefficient (Wildman–Crippen LogP) is 14.0. The zero-order chi connectivity index (χ0) is 30.9. The van der Waals surface area contributed by atoms with Crippen LogP contribution in [0.15, 0.2) is 36.4 Å². The van der Waals surface area contributed by atoms with Gasteiger partial charge in [0.25, 0.3) is 0 Å². The summed E-state index contributed by atoms with van der Waals surface area (Å²) in [6.45, 7) is 4.55. The Morgan fingerprint density at radius 2 is 0.860 bits per heavy atom. The van der Waals surface area contributed by atoms with Crippen molar-refractivity contribution in [3.05, 3.63) is 69.2 Å². The Hall–Kier alpha value is -1.12. The lowest BCUT2D eigenvalue weighted by molar-refractivity contribution is 0.249. The van der Waals surface area contributed by atoms with Crippen LogP contribution in [0.5, 0.6) is 0 Å². The zero-order valence-corrected chi connectivity index (χ0v) is 28.6. The Kier molecular flexibility index (Phi) is 17.6. The SMILES string of the molecule is CCCCCCC1CCC(CCc2ccc(Cl)c(F)c2)CC1.CCCCC[C@H]1CC[C@H](CCc2ccc(Cl)c(F)c2)CC1. The first-order valence-corrected chi connectivity index (χ1v) is 18.5. The van der Waals surface area contributed by atoms with E-state index in [2.05, 4.69) is 13.8 Å². The molecule has 0 bridgehead atoms. The van der Waals surface area contributed by atoms with Crippen LogP contribution in [0.4, 0.5) is 8.78 Å². The average molecular weight is 636 g/mol. The van der Waals surface area contributed by atoms with Crippen molar-refractivity contribution in [2.24, 2.45) is 23.7 Å². The summed E-state index contributed by atoms with van der Waals surface area (Å²) >= 11 is 11.5. The van der Waals surface area contributed by atoms with Crippen LogP contribution in [0, 0.1) is 35.3 Å². The van der Waals surface area contributed by atoms with E-state index in [1.807, 2.05) is 12.1 Å². The van der Waals surface area contributed by atoms with Crippen molar-refractivity contribution in [3.8, 4) is 0 Å². The van der Waals surface area contributed by atoms with Crippen molar-refractivity contribution in [1.82, 2.24) is 0 Å². The van der Waals surface area contributed by atoms with E-state index in [1.165, 1.54) is 122 Å². The molecule has 0 saturated heterocycles. The zero-order valence-electron chi connectivity index (χ0n) is 27.1. The summed E-state index contributed by atoms with van der Waals surface area (Å²) in [5.41, 5.74) is 2.17. The van der Waals surface area contributed by atoms with Gasteiger partial charge in [-0.05, 0) is 84.7 Å². The van der Waals surface area contributed by atoms with E-state index in [1.54, 1.807) is 24.3 Å². The van der Waals surface area contributed by atoms with Crippen LogP contribution in [-0.4, -0.2) is 0 Å². The molecule has 4 heteroatoms. The summed E-state index contributed by atoms with van der Waals surface area (Å²) in [5, 5.41) is 0.457. The van der Waals surface area contributed by atoms with Crippen LogP contribution < -0.4 is 0 Å². The highest BCUT2D eigenvalue weighted by Gasteiger charge is 2.22. The summed E-state index contributed by atoms with van der Waals surface area (Å²) in [6.07, 6.45) is 28.0. The van der Waals surface area contributed by atoms with Gasteiger partial charge in [0, 0.05) is 0 Å². The second-order valence-corrected chi connectivity index (χ2v) is 14.5. The van der Waals surface area contributed by atoms with Crippen molar-refractivity contribution in [2.75, 3.05) is 0 Å². The second-order valence-electron chi connectivity index (χ2n) is 13.7. The van der Waals surface area contributed by atoms with Crippen molar-refractivity contribution in [3.63, 3.8) is 0 Å². The molecule has 4 rings (SSSR count). The Balaban J connectivity index is 0.000000236. The monoisotopic (exact) mass is 634 g/mol. The third kappa shape index (κ3) is 14.2. The minimum absolute atomic E-state index is 0.228. The number of hydrogen-bond donors (Lipinski definition) is 0. The maximum atomic E-state index is 13.4. The molecule has 2 aliphatic rings. The van der Waals surface area contributed by atoms with Gasteiger partial charge in [0.1, 0.15) is 11.6 Å². The van der Waals surface area contributed by atoms with Gasteiger partial charge in [-0.1, -0.05) is 158 Å². The normalized spacial score (nSPS) is 22.2. The maximum Gasteiger partial charge on any atom is 0.142 e. The molecule has 0 spiro atoms. The highest BCUT2D eigenvalue weighted by molar-refractivity contribution is 6.31. The topological polar surface area (TPSA) is 0 Å². The van der Waals surface area contributed by atoms with E-state index >= 15 is 0 Å². The van der Waals surface area contributed by atoms with Gasteiger partial charge in [0.2, 0.25) is 0 Å². The van der Waals surface area contributed by atoms with E-state index in [-0.39, 0.29) is 21.7 Å². The number of benzene rings is 2. The standard InChI is InChI=1S/C20H30ClF.C19H28ClF/c1-2-3-4-5-6-16-7-9-17(10-8-16)11-12-18-13-14-19(21)20(22)15-18;1-2-3-4-5-15-6-8-16(9-7-15)10-11-17-12-13-18(20)19(21)14-17/h13-17H,2-12H2,1H3;12-16H,2-11H2,1H3/t;15-,16-. The molecule has 2 fully saturated rings. The molecule has 2 aromatic rings. The summed E-state index contributed by atoms with van der Waals surface area (Å²) in [6, 6.07) is 10.5. The molecule has 2 saturated carbocycles. The summed E-state index contributed by atoms with van der Waals surface area (Å²) in [4.78, 5) is 0. The molecule has 43 heavy (non-hydrogen) atoms. The molecule has 0 radical (unpaired) electrons. The minimum atomic E-state index is -0.284. The van der Waals surface area contributed by atoms with Crippen molar-refractivity contribution in [1.29, 1.82) is 0 Å². The first kappa shape index (κ1) is 36.3. The van der Waals surface area contributed by atoms with Crippen molar-refractivity contribution < 1.29 is 8.78 Å². The lowest BCUT2D eigenvalue weighted by Gasteiger charge is -2.28. The summed E-state index contributed by atoms with van der Waals surface area (Å²) in [7, 11) is 0. The third-order valence-electron chi connectivity index (χ3n) is 10.3. The maximum absolute atomic E-state index is 13.4. The van der Waals surface area contributed by atoms with Gasteiger partial charge in [-0.3, -0.25) is 0 Å². The predicted molar refractivity (Wildman–Crippen MR) is 183 cm³/mol. The highest BCUT2D eigenvalue weighted by atomic mass is 35.5. The van der Waals surface area contributed by atoms with Crippen molar-refractivity contribution >= 4 is 23.2 Å². The summed E-state index contributed by atoms with van der Waals surface area (Å²) < 4.78 is 26.8. The smallest absolute Gasteiger partial charge is 0.142 e. The van der Waals surface area contributed by atoms with Gasteiger partial charge in [-0.25, -0.2) is 8.78 Å². The third-order valence-corrected chi connectivity index (χ3v) is 10.9. The lowest BCUT2D eigenvalue weighted by atomic mass is 9.78. The molecular formula is C39H58Cl2F2. The molecule has 0 nitrogen and oxygen atoms in total. The fourth-order valence-corrected chi connectivity index (χ4v) is 7.53. The van der Waals surface area contributed by atoms with E-state index < -0.39 is 0 Å². The summed E-state index contributed by atoms with van der Waals surface area (Å²) in [5.74, 6) is 3.06. The molecule has 0 aromatic heterocycles. The Morgan fingerprint density at radius 3 is 1.23 bits per heavy atom. The Morgan fingerprint density at radius 1 is 0.512 bits per heavy atom. The van der Waals surface area contributed by atoms with E-state index in [9.17, 15) is 8.78 Å². The highest BCUT2D eigenvalue weighted by Crippen LogP contribution is 2.35. The largest absolute Gasteiger partial charge is 0.205 e. The number of hydrogen-bond acceptors (Lipinski definition) is 0. The van der Waals surface area contributed by atoms with Gasteiger partial charge >= 0.3 is 0 Å². The molecule has 0 unspecified atom stereocenters. The molecular weight excluding hydrogens is 577 g/mol.